The van der Waals surface area contributed by atoms with E-state index in [1.165, 1.54) is 11.1 Å². The van der Waals surface area contributed by atoms with E-state index in [-0.39, 0.29) is 12.8 Å². The van der Waals surface area contributed by atoms with E-state index in [2.05, 4.69) is 106 Å². The number of aliphatic carboxylic acids is 2. The van der Waals surface area contributed by atoms with Crippen molar-refractivity contribution in [3.8, 4) is 51.3 Å². The lowest BCUT2D eigenvalue weighted by Crippen LogP contribution is -1.98. The summed E-state index contributed by atoms with van der Waals surface area (Å²) in [5.41, 5.74) is 10.7. The van der Waals surface area contributed by atoms with Gasteiger partial charge in [-0.1, -0.05) is 37.6 Å². The number of carboxylic acid groups (broad SMARTS) is 2. The number of rotatable bonds is 15. The van der Waals surface area contributed by atoms with Crippen molar-refractivity contribution >= 4 is 109 Å². The fourth-order valence-corrected chi connectivity index (χ4v) is 10.6. The molecule has 14 heteroatoms. The third-order valence-electron chi connectivity index (χ3n) is 10.8. The van der Waals surface area contributed by atoms with E-state index in [0.29, 0.717) is 35.1 Å². The van der Waals surface area contributed by atoms with Crippen LogP contribution in [0, 0.1) is 0 Å². The Morgan fingerprint density at radius 2 is 0.923 bits per heavy atom. The molecule has 0 bridgehead atoms. The van der Waals surface area contributed by atoms with Crippen molar-refractivity contribution in [3.05, 3.63) is 154 Å². The van der Waals surface area contributed by atoms with E-state index in [1.54, 1.807) is 7.11 Å². The second-order valence-electron chi connectivity index (χ2n) is 15.1. The number of hydrogen-bond acceptors (Lipinski definition) is 5. The predicted molar refractivity (Wildman–Crippen MR) is 274 cm³/mol. The number of carboxylic acids is 2. The van der Waals surface area contributed by atoms with Crippen LogP contribution in [0.25, 0.3) is 44.3 Å². The number of H-pyrrole nitrogens is 2. The van der Waals surface area contributed by atoms with Crippen molar-refractivity contribution in [1.82, 2.24) is 9.97 Å². The van der Waals surface area contributed by atoms with Crippen molar-refractivity contribution in [2.75, 3.05) is 7.11 Å². The zero-order valence-electron chi connectivity index (χ0n) is 35.5. The molecule has 65 heavy (non-hydrogen) atoms. The molecule has 2 aromatic heterocycles. The van der Waals surface area contributed by atoms with Crippen molar-refractivity contribution in [1.29, 1.82) is 0 Å². The molecule has 0 unspecified atom stereocenters. The molecule has 9 nitrogen and oxygen atoms in total. The van der Waals surface area contributed by atoms with Gasteiger partial charge in [0.25, 0.3) is 0 Å². The number of aromatic amines is 2. The summed E-state index contributed by atoms with van der Waals surface area (Å²) in [5.74, 6) is 1.93. The van der Waals surface area contributed by atoms with Crippen LogP contribution in [-0.2, 0) is 35.3 Å². The van der Waals surface area contributed by atoms with Gasteiger partial charge >= 0.3 is 11.9 Å². The van der Waals surface area contributed by atoms with Crippen LogP contribution in [0.5, 0.6) is 28.7 Å². The zero-order valence-corrected chi connectivity index (χ0v) is 42.6. The van der Waals surface area contributed by atoms with Crippen LogP contribution < -0.4 is 14.2 Å². The second kappa shape index (κ2) is 21.5. The molecule has 0 fully saturated rings. The van der Waals surface area contributed by atoms with Gasteiger partial charge in [-0.2, -0.15) is 0 Å². The highest BCUT2D eigenvalue weighted by Crippen LogP contribution is 2.42. The molecule has 0 radical (unpaired) electrons. The summed E-state index contributed by atoms with van der Waals surface area (Å²) >= 11 is 20.3. The van der Waals surface area contributed by atoms with Crippen LogP contribution >= 0.6 is 75.3 Å². The monoisotopic (exact) mass is 1150 g/mol. The summed E-state index contributed by atoms with van der Waals surface area (Å²) in [6, 6.07) is 35.5. The van der Waals surface area contributed by atoms with Crippen LogP contribution in [0.15, 0.2) is 127 Å². The third kappa shape index (κ3) is 11.5. The minimum absolute atomic E-state index is 0.0823. The normalized spacial score (nSPS) is 11.1. The summed E-state index contributed by atoms with van der Waals surface area (Å²) in [6.45, 7) is 4.28. The number of aromatic nitrogens is 2. The summed E-state index contributed by atoms with van der Waals surface area (Å²) in [7, 11) is 1.66. The van der Waals surface area contributed by atoms with Crippen molar-refractivity contribution < 1.29 is 34.0 Å². The average Bonchev–Trinajstić information content (AvgIpc) is 3.85. The SMILES string of the molecule is CCc1c(-c2ccc(Cl)cc2)[nH]c2ccc(Oc3c(Br)cc(CCC(=O)O)cc3Br)cc12.CCc1c(-c2ccc(OC)cc2)[nH]c2ccc(Oc3c(Br)cc(CCC(=O)O)cc3Br)cc12. The number of aryl methyl sites for hydroxylation is 4. The molecular weight excluding hydrogens is 1110 g/mol. The Morgan fingerprint density at radius 1 is 0.554 bits per heavy atom. The minimum atomic E-state index is -0.818. The molecule has 0 aliphatic rings. The number of ether oxygens (including phenoxy) is 3. The van der Waals surface area contributed by atoms with E-state index in [9.17, 15) is 9.59 Å². The largest absolute Gasteiger partial charge is 0.497 e. The molecule has 8 aromatic rings. The van der Waals surface area contributed by atoms with Crippen LogP contribution in [0.2, 0.25) is 5.02 Å². The summed E-state index contributed by atoms with van der Waals surface area (Å²) in [5, 5.41) is 20.8. The highest BCUT2D eigenvalue weighted by molar-refractivity contribution is 9.11. The molecule has 8 rings (SSSR count). The number of halogens is 5. The molecule has 2 heterocycles. The standard InChI is InChI=1S/C26H23Br2NO4.C25H20Br2ClNO3/c1-3-19-20-14-18(33-26-21(27)12-15(13-22(26)28)4-11-24(30)31)9-10-23(20)29-25(19)16-5-7-17(32-2)8-6-16;1-2-18-19-13-17(8-9-22(19)29-24(18)15-4-6-16(28)7-5-15)32-25-20(26)11-14(12-21(25)27)3-10-23(30)31/h5-10,12-14,29H,3-4,11H2,1-2H3,(H,30,31);4-9,11-13,29H,2-3,10H2,1H3,(H,30,31). The summed E-state index contributed by atoms with van der Waals surface area (Å²) < 4.78 is 20.8. The second-order valence-corrected chi connectivity index (χ2v) is 18.9. The number of benzene rings is 6. The molecule has 0 atom stereocenters. The van der Waals surface area contributed by atoms with Gasteiger partial charge in [-0.3, -0.25) is 9.59 Å². The molecular formula is C51H43Br4ClN2O7. The first-order valence-electron chi connectivity index (χ1n) is 20.7. The van der Waals surface area contributed by atoms with Gasteiger partial charge in [-0.05, 0) is 220 Å². The van der Waals surface area contributed by atoms with Crippen molar-refractivity contribution in [2.24, 2.45) is 0 Å². The molecule has 0 aliphatic carbocycles. The Hall–Kier alpha value is -5.05. The highest BCUT2D eigenvalue weighted by Gasteiger charge is 2.18. The fraction of sp³-hybridized carbons (Fsp3) is 0.176. The molecule has 0 saturated heterocycles. The first-order chi connectivity index (χ1) is 31.2. The maximum atomic E-state index is 10.9. The van der Waals surface area contributed by atoms with Crippen LogP contribution in [0.3, 0.4) is 0 Å². The molecule has 6 aromatic carbocycles. The maximum absolute atomic E-state index is 10.9. The lowest BCUT2D eigenvalue weighted by atomic mass is 10.0. The number of fused-ring (bicyclic) bond motifs is 2. The lowest BCUT2D eigenvalue weighted by molar-refractivity contribution is -0.138. The maximum Gasteiger partial charge on any atom is 0.303 e. The Bertz CT molecular complexity index is 2970. The van der Waals surface area contributed by atoms with Gasteiger partial charge in [0.05, 0.1) is 25.0 Å². The fourth-order valence-electron chi connectivity index (χ4n) is 7.63. The number of methoxy groups -OCH3 is 1. The van der Waals surface area contributed by atoms with Gasteiger partial charge in [0.1, 0.15) is 17.2 Å². The molecule has 334 valence electrons. The molecule has 0 amide bonds. The smallest absolute Gasteiger partial charge is 0.303 e. The quantitative estimate of drug-likeness (QED) is 0.0803. The van der Waals surface area contributed by atoms with E-state index >= 15 is 0 Å². The molecule has 0 spiro atoms. The average molecular weight is 1150 g/mol. The van der Waals surface area contributed by atoms with Gasteiger partial charge < -0.3 is 34.4 Å². The van der Waals surface area contributed by atoms with Gasteiger partial charge in [-0.15, -0.1) is 0 Å². The Balaban J connectivity index is 0.000000194. The number of nitrogens with one attached hydrogen (secondary N) is 2. The van der Waals surface area contributed by atoms with Crippen LogP contribution in [-0.4, -0.2) is 39.2 Å². The van der Waals surface area contributed by atoms with Gasteiger partial charge in [0.15, 0.2) is 11.5 Å². The van der Waals surface area contributed by atoms with E-state index in [4.69, 9.17) is 36.0 Å². The summed E-state index contributed by atoms with van der Waals surface area (Å²) in [4.78, 5) is 28.8. The van der Waals surface area contributed by atoms with Gasteiger partial charge in [-0.25, -0.2) is 0 Å². The molecule has 4 N–H and O–H groups in total. The first-order valence-corrected chi connectivity index (χ1v) is 24.2. The topological polar surface area (TPSA) is 134 Å². The van der Waals surface area contributed by atoms with E-state index in [0.717, 1.165) is 97.7 Å². The predicted octanol–water partition coefficient (Wildman–Crippen LogP) is 16.1. The zero-order chi connectivity index (χ0) is 46.4. The van der Waals surface area contributed by atoms with Crippen molar-refractivity contribution in [3.63, 3.8) is 0 Å². The Morgan fingerprint density at radius 3 is 1.28 bits per heavy atom. The Labute approximate surface area is 415 Å². The van der Waals surface area contributed by atoms with Gasteiger partial charge in [0.2, 0.25) is 0 Å². The lowest BCUT2D eigenvalue weighted by Gasteiger charge is -2.12. The van der Waals surface area contributed by atoms with Crippen LogP contribution in [0.4, 0.5) is 0 Å². The molecule has 0 saturated carbocycles. The van der Waals surface area contributed by atoms with Crippen molar-refractivity contribution in [2.45, 2.75) is 52.4 Å². The summed E-state index contributed by atoms with van der Waals surface area (Å²) in [6.07, 6.45) is 2.81. The highest BCUT2D eigenvalue weighted by atomic mass is 79.9. The minimum Gasteiger partial charge on any atom is -0.497 e. The molecule has 0 aliphatic heterocycles. The first kappa shape index (κ1) is 47.9. The van der Waals surface area contributed by atoms with E-state index < -0.39 is 11.9 Å². The van der Waals surface area contributed by atoms with E-state index in [1.807, 2.05) is 91.0 Å². The number of hydrogen-bond donors (Lipinski definition) is 4. The third-order valence-corrected chi connectivity index (χ3v) is 13.4. The van der Waals surface area contributed by atoms with Gasteiger partial charge in [0, 0.05) is 51.1 Å². The van der Waals surface area contributed by atoms with Crippen LogP contribution in [0.1, 0.15) is 48.9 Å². The Kier molecular flexibility index (Phi) is 15.8. The number of carbonyl (C=O) groups is 2.